The second-order valence-corrected chi connectivity index (χ2v) is 3.69. The summed E-state index contributed by atoms with van der Waals surface area (Å²) in [5.41, 5.74) is 6.93. The third-order valence-electron chi connectivity index (χ3n) is 2.55. The highest BCUT2D eigenvalue weighted by Crippen LogP contribution is 2.30. The lowest BCUT2D eigenvalue weighted by Gasteiger charge is -2.20. The van der Waals surface area contributed by atoms with Crippen molar-refractivity contribution in [1.29, 1.82) is 0 Å². The fourth-order valence-electron chi connectivity index (χ4n) is 1.77. The van der Waals surface area contributed by atoms with Crippen LogP contribution in [-0.2, 0) is 6.42 Å². The van der Waals surface area contributed by atoms with E-state index in [4.69, 9.17) is 10.5 Å². The average molecular weight is 195 g/mol. The molecule has 1 aliphatic rings. The maximum atomic E-state index is 13.8. The summed E-state index contributed by atoms with van der Waals surface area (Å²) in [6.45, 7) is 2.47. The molecule has 3 heteroatoms. The third-order valence-corrected chi connectivity index (χ3v) is 2.55. The van der Waals surface area contributed by atoms with Gasteiger partial charge in [-0.1, -0.05) is 6.07 Å². The van der Waals surface area contributed by atoms with Gasteiger partial charge in [0.2, 0.25) is 0 Å². The number of benzene rings is 1. The minimum atomic E-state index is -0.262. The van der Waals surface area contributed by atoms with Gasteiger partial charge in [0.25, 0.3) is 0 Å². The molecule has 1 aromatic rings. The van der Waals surface area contributed by atoms with Crippen LogP contribution >= 0.6 is 0 Å². The van der Waals surface area contributed by atoms with Crippen LogP contribution in [0, 0.1) is 5.82 Å². The number of hydrogen-bond acceptors (Lipinski definition) is 2. The molecule has 1 heterocycles. The number of ether oxygens (including phenoxy) is 1. The Kier molecular flexibility index (Phi) is 2.42. The summed E-state index contributed by atoms with van der Waals surface area (Å²) in [6, 6.07) is 3.27. The molecule has 0 aliphatic carbocycles. The molecule has 0 aromatic heterocycles. The molecule has 2 N–H and O–H groups in total. The summed E-state index contributed by atoms with van der Waals surface area (Å²) in [5, 5.41) is 0. The van der Waals surface area contributed by atoms with Gasteiger partial charge >= 0.3 is 0 Å². The Labute approximate surface area is 82.9 Å². The van der Waals surface area contributed by atoms with Gasteiger partial charge in [0.15, 0.2) is 0 Å². The van der Waals surface area contributed by atoms with Gasteiger partial charge in [-0.2, -0.15) is 0 Å². The van der Waals surface area contributed by atoms with E-state index in [1.807, 2.05) is 6.07 Å². The average Bonchev–Trinajstić information content (AvgIpc) is 2.18. The summed E-state index contributed by atoms with van der Waals surface area (Å²) < 4.78 is 19.2. The van der Waals surface area contributed by atoms with Gasteiger partial charge in [-0.3, -0.25) is 0 Å². The molecule has 2 nitrogen and oxygen atoms in total. The summed E-state index contributed by atoms with van der Waals surface area (Å²) >= 11 is 0. The third kappa shape index (κ3) is 1.48. The minimum absolute atomic E-state index is 0.183. The van der Waals surface area contributed by atoms with Gasteiger partial charge in [0.05, 0.1) is 6.61 Å². The first-order valence-electron chi connectivity index (χ1n) is 4.90. The van der Waals surface area contributed by atoms with Crippen LogP contribution in [0.25, 0.3) is 0 Å². The van der Waals surface area contributed by atoms with Crippen molar-refractivity contribution in [2.24, 2.45) is 5.73 Å². The van der Waals surface area contributed by atoms with Crippen LogP contribution in [0.2, 0.25) is 0 Å². The predicted molar refractivity (Wildman–Crippen MR) is 52.8 cm³/mol. The van der Waals surface area contributed by atoms with Crippen LogP contribution in [0.3, 0.4) is 0 Å². The van der Waals surface area contributed by atoms with Crippen LogP contribution in [-0.4, -0.2) is 6.61 Å². The second-order valence-electron chi connectivity index (χ2n) is 3.69. The molecular formula is C11H14FNO. The lowest BCUT2D eigenvalue weighted by molar-refractivity contribution is 0.283. The molecule has 1 aromatic carbocycles. The lowest BCUT2D eigenvalue weighted by Crippen LogP contribution is -2.14. The highest BCUT2D eigenvalue weighted by molar-refractivity contribution is 5.41. The molecule has 1 atom stereocenters. The first-order valence-corrected chi connectivity index (χ1v) is 4.90. The number of fused-ring (bicyclic) bond motifs is 1. The fraction of sp³-hybridized carbons (Fsp3) is 0.455. The van der Waals surface area contributed by atoms with Crippen molar-refractivity contribution in [3.8, 4) is 5.75 Å². The highest BCUT2D eigenvalue weighted by atomic mass is 19.1. The van der Waals surface area contributed by atoms with E-state index in [9.17, 15) is 4.39 Å². The Morgan fingerprint density at radius 3 is 3.00 bits per heavy atom. The maximum Gasteiger partial charge on any atom is 0.134 e. The maximum absolute atomic E-state index is 13.8. The Morgan fingerprint density at radius 1 is 1.50 bits per heavy atom. The van der Waals surface area contributed by atoms with Gasteiger partial charge in [0, 0.05) is 17.2 Å². The summed E-state index contributed by atoms with van der Waals surface area (Å²) in [7, 11) is 0. The molecule has 2 rings (SSSR count). The molecule has 0 bridgehead atoms. The molecule has 0 fully saturated rings. The Balaban J connectivity index is 2.49. The van der Waals surface area contributed by atoms with Gasteiger partial charge in [-0.05, 0) is 25.8 Å². The monoisotopic (exact) mass is 195 g/mol. The van der Waals surface area contributed by atoms with Crippen LogP contribution < -0.4 is 10.5 Å². The second kappa shape index (κ2) is 3.58. The highest BCUT2D eigenvalue weighted by Gasteiger charge is 2.18. The van der Waals surface area contributed by atoms with E-state index in [0.717, 1.165) is 12.8 Å². The number of rotatable bonds is 1. The fourth-order valence-corrected chi connectivity index (χ4v) is 1.77. The topological polar surface area (TPSA) is 35.2 Å². The normalized spacial score (nSPS) is 17.1. The zero-order valence-electron chi connectivity index (χ0n) is 8.22. The molecule has 1 unspecified atom stereocenters. The van der Waals surface area contributed by atoms with E-state index in [0.29, 0.717) is 23.5 Å². The van der Waals surface area contributed by atoms with Crippen molar-refractivity contribution in [1.82, 2.24) is 0 Å². The van der Waals surface area contributed by atoms with E-state index >= 15 is 0 Å². The van der Waals surface area contributed by atoms with Crippen molar-refractivity contribution < 1.29 is 9.13 Å². The van der Waals surface area contributed by atoms with Crippen molar-refractivity contribution >= 4 is 0 Å². The zero-order chi connectivity index (χ0) is 10.1. The predicted octanol–water partition coefficient (Wildman–Crippen LogP) is 2.17. The quantitative estimate of drug-likeness (QED) is 0.745. The van der Waals surface area contributed by atoms with Crippen LogP contribution in [0.1, 0.15) is 30.5 Å². The number of nitrogens with two attached hydrogens (primary N) is 1. The lowest BCUT2D eigenvalue weighted by atomic mass is 9.99. The van der Waals surface area contributed by atoms with Gasteiger partial charge in [-0.25, -0.2) is 4.39 Å². The molecule has 14 heavy (non-hydrogen) atoms. The minimum Gasteiger partial charge on any atom is -0.493 e. The number of halogens is 1. The van der Waals surface area contributed by atoms with Gasteiger partial charge < -0.3 is 10.5 Å². The Morgan fingerprint density at radius 2 is 2.29 bits per heavy atom. The van der Waals surface area contributed by atoms with E-state index < -0.39 is 0 Å². The smallest absolute Gasteiger partial charge is 0.134 e. The van der Waals surface area contributed by atoms with E-state index in [1.165, 1.54) is 0 Å². The van der Waals surface area contributed by atoms with E-state index in [2.05, 4.69) is 0 Å². The van der Waals surface area contributed by atoms with Crippen molar-refractivity contribution in [3.63, 3.8) is 0 Å². The Bertz CT molecular complexity index is 349. The summed E-state index contributed by atoms with van der Waals surface area (Å²) in [5.74, 6) is 0.496. The van der Waals surface area contributed by atoms with E-state index in [1.54, 1.807) is 13.0 Å². The van der Waals surface area contributed by atoms with Crippen molar-refractivity contribution in [3.05, 3.63) is 29.1 Å². The van der Waals surface area contributed by atoms with Crippen LogP contribution in [0.15, 0.2) is 12.1 Å². The standard InChI is InChI=1S/C11H14FNO/c1-7(13)8-4-5-10-9(11(8)12)3-2-6-14-10/h4-5,7H,2-3,6,13H2,1H3. The molecule has 0 saturated heterocycles. The zero-order valence-corrected chi connectivity index (χ0v) is 8.22. The number of hydrogen-bond donors (Lipinski definition) is 1. The first-order chi connectivity index (χ1) is 6.70. The molecular weight excluding hydrogens is 181 g/mol. The van der Waals surface area contributed by atoms with Crippen LogP contribution in [0.4, 0.5) is 4.39 Å². The molecule has 0 radical (unpaired) electrons. The molecule has 76 valence electrons. The van der Waals surface area contributed by atoms with Crippen molar-refractivity contribution in [2.75, 3.05) is 6.61 Å². The summed E-state index contributed by atoms with van der Waals surface area (Å²) in [6.07, 6.45) is 1.63. The van der Waals surface area contributed by atoms with Crippen LogP contribution in [0.5, 0.6) is 5.75 Å². The summed E-state index contributed by atoms with van der Waals surface area (Å²) in [4.78, 5) is 0. The van der Waals surface area contributed by atoms with E-state index in [-0.39, 0.29) is 11.9 Å². The Hall–Kier alpha value is -1.09. The largest absolute Gasteiger partial charge is 0.493 e. The first kappa shape index (κ1) is 9.46. The molecule has 0 spiro atoms. The van der Waals surface area contributed by atoms with Crippen molar-refractivity contribution in [2.45, 2.75) is 25.8 Å². The molecule has 0 saturated carbocycles. The van der Waals surface area contributed by atoms with Gasteiger partial charge in [0.1, 0.15) is 11.6 Å². The van der Waals surface area contributed by atoms with Gasteiger partial charge in [-0.15, -0.1) is 0 Å². The molecule has 0 amide bonds. The SMILES string of the molecule is CC(N)c1ccc2c(c1F)CCCO2. The molecule has 1 aliphatic heterocycles.